The van der Waals surface area contributed by atoms with E-state index in [2.05, 4.69) is 15.1 Å². The van der Waals surface area contributed by atoms with Crippen LogP contribution in [0.25, 0.3) is 0 Å². The first-order chi connectivity index (χ1) is 13.4. The molecule has 1 amide bonds. The summed E-state index contributed by atoms with van der Waals surface area (Å²) >= 11 is 12.2. The lowest BCUT2D eigenvalue weighted by atomic mass is 10.2. The Labute approximate surface area is 176 Å². The van der Waals surface area contributed by atoms with Crippen LogP contribution in [-0.2, 0) is 6.54 Å². The number of hydrogen-bond acceptors (Lipinski definition) is 5. The summed E-state index contributed by atoms with van der Waals surface area (Å²) in [5.74, 6) is 0.577. The van der Waals surface area contributed by atoms with Gasteiger partial charge in [0.1, 0.15) is 0 Å². The fourth-order valence-corrected chi connectivity index (χ4v) is 3.54. The Morgan fingerprint density at radius 3 is 2.43 bits per heavy atom. The van der Waals surface area contributed by atoms with E-state index < -0.39 is 0 Å². The predicted octanol–water partition coefficient (Wildman–Crippen LogP) is 3.59. The Balaban J connectivity index is 1.76. The second kappa shape index (κ2) is 9.54. The van der Waals surface area contributed by atoms with Gasteiger partial charge in [0.2, 0.25) is 0 Å². The lowest BCUT2D eigenvalue weighted by Crippen LogP contribution is -2.38. The number of hydrogen-bond donors (Lipinski definition) is 0. The molecule has 1 fully saturated rings. The zero-order valence-corrected chi connectivity index (χ0v) is 17.7. The highest BCUT2D eigenvalue weighted by Crippen LogP contribution is 2.23. The third-order valence-electron chi connectivity index (χ3n) is 4.86. The molecule has 3 rings (SSSR count). The molecule has 0 bridgehead atoms. The molecule has 0 aliphatic carbocycles. The topological polar surface area (TPSA) is 52.6 Å². The van der Waals surface area contributed by atoms with E-state index in [0.717, 1.165) is 25.2 Å². The number of carbonyl (C=O) groups excluding carboxylic acids is 1. The molecule has 6 nitrogen and oxygen atoms in total. The van der Waals surface area contributed by atoms with Gasteiger partial charge in [-0.3, -0.25) is 4.79 Å². The van der Waals surface area contributed by atoms with Gasteiger partial charge in [0, 0.05) is 33.7 Å². The molecule has 1 aromatic carbocycles. The molecule has 0 radical (unpaired) electrons. The van der Waals surface area contributed by atoms with Gasteiger partial charge >= 0.3 is 0 Å². The zero-order valence-electron chi connectivity index (χ0n) is 16.2. The van der Waals surface area contributed by atoms with Crippen LogP contribution >= 0.6 is 23.2 Å². The molecule has 0 unspecified atom stereocenters. The molecule has 150 valence electrons. The number of benzene rings is 1. The summed E-state index contributed by atoms with van der Waals surface area (Å²) in [6.45, 7) is 4.09. The summed E-state index contributed by atoms with van der Waals surface area (Å²) in [6.07, 6.45) is 2.44. The largest absolute Gasteiger partial charge is 0.361 e. The van der Waals surface area contributed by atoms with Crippen LogP contribution in [0.15, 0.2) is 30.3 Å². The van der Waals surface area contributed by atoms with Crippen molar-refractivity contribution in [2.24, 2.45) is 0 Å². The average Bonchev–Trinajstić information content (AvgIpc) is 3.21. The molecule has 0 N–H and O–H groups in total. The van der Waals surface area contributed by atoms with E-state index in [0.29, 0.717) is 34.6 Å². The molecule has 0 atom stereocenters. The quantitative estimate of drug-likeness (QED) is 0.683. The molecule has 1 aromatic heterocycles. The Morgan fingerprint density at radius 2 is 1.82 bits per heavy atom. The molecule has 8 heteroatoms. The third kappa shape index (κ3) is 5.34. The van der Waals surface area contributed by atoms with E-state index in [-0.39, 0.29) is 5.91 Å². The third-order valence-corrected chi connectivity index (χ3v) is 5.60. The van der Waals surface area contributed by atoms with E-state index in [1.165, 1.54) is 12.8 Å². The number of nitrogens with zero attached hydrogens (tertiary/aromatic N) is 5. The smallest absolute Gasteiger partial charge is 0.274 e. The van der Waals surface area contributed by atoms with Crippen molar-refractivity contribution in [3.63, 3.8) is 0 Å². The lowest BCUT2D eigenvalue weighted by Gasteiger charge is -2.25. The molecule has 2 heterocycles. The van der Waals surface area contributed by atoms with Gasteiger partial charge in [-0.25, -0.2) is 0 Å². The van der Waals surface area contributed by atoms with Crippen molar-refractivity contribution < 1.29 is 4.79 Å². The van der Waals surface area contributed by atoms with Crippen molar-refractivity contribution in [1.29, 1.82) is 0 Å². The molecule has 1 aliphatic rings. The van der Waals surface area contributed by atoms with Crippen LogP contribution in [0.1, 0.15) is 28.9 Å². The Morgan fingerprint density at radius 1 is 1.07 bits per heavy atom. The highest BCUT2D eigenvalue weighted by Gasteiger charge is 2.21. The minimum absolute atomic E-state index is 0.136. The monoisotopic (exact) mass is 421 g/mol. The Kier molecular flexibility index (Phi) is 7.10. The van der Waals surface area contributed by atoms with E-state index >= 15 is 0 Å². The number of carbonyl (C=O) groups is 1. The van der Waals surface area contributed by atoms with Gasteiger partial charge in [-0.05, 0) is 55.8 Å². The minimum Gasteiger partial charge on any atom is -0.361 e. The van der Waals surface area contributed by atoms with Crippen LogP contribution in [-0.4, -0.2) is 66.2 Å². The van der Waals surface area contributed by atoms with Gasteiger partial charge in [0.15, 0.2) is 11.5 Å². The number of rotatable bonds is 7. The first kappa shape index (κ1) is 20.8. The summed E-state index contributed by atoms with van der Waals surface area (Å²) in [5, 5.41) is 9.25. The molecule has 1 aliphatic heterocycles. The summed E-state index contributed by atoms with van der Waals surface area (Å²) in [4.78, 5) is 19.2. The fourth-order valence-electron chi connectivity index (χ4n) is 3.22. The maximum atomic E-state index is 13.1. The molecular weight excluding hydrogens is 397 g/mol. The number of halogens is 2. The first-order valence-electron chi connectivity index (χ1n) is 9.40. The maximum Gasteiger partial charge on any atom is 0.274 e. The van der Waals surface area contributed by atoms with Crippen LogP contribution in [0.3, 0.4) is 0 Å². The second-order valence-corrected chi connectivity index (χ2v) is 8.01. The first-order valence-corrected chi connectivity index (χ1v) is 10.2. The Hall–Kier alpha value is -1.89. The van der Waals surface area contributed by atoms with Gasteiger partial charge < -0.3 is 14.7 Å². The standard InChI is InChI=1S/C20H25Cl2N5O/c1-25(2)19-8-7-18(23-24-19)20(28)27(12-11-26-9-3-4-10-26)14-15-5-6-16(21)17(22)13-15/h5-8,13H,3-4,9-12,14H2,1-2H3. The van der Waals surface area contributed by atoms with Gasteiger partial charge in [0.05, 0.1) is 10.0 Å². The van der Waals surface area contributed by atoms with E-state index in [4.69, 9.17) is 23.2 Å². The van der Waals surface area contributed by atoms with E-state index in [1.54, 1.807) is 29.2 Å². The number of anilines is 1. The van der Waals surface area contributed by atoms with Crippen LogP contribution in [0, 0.1) is 0 Å². The summed E-state index contributed by atoms with van der Waals surface area (Å²) in [6, 6.07) is 8.99. The van der Waals surface area contributed by atoms with Gasteiger partial charge in [0.25, 0.3) is 5.91 Å². The lowest BCUT2D eigenvalue weighted by molar-refractivity contribution is 0.0720. The van der Waals surface area contributed by atoms with Crippen molar-refractivity contribution >= 4 is 34.9 Å². The van der Waals surface area contributed by atoms with Crippen LogP contribution in [0.4, 0.5) is 5.82 Å². The average molecular weight is 422 g/mol. The molecular formula is C20H25Cl2N5O. The van der Waals surface area contributed by atoms with Gasteiger partial charge in [-0.15, -0.1) is 10.2 Å². The Bertz CT molecular complexity index is 807. The summed E-state index contributed by atoms with van der Waals surface area (Å²) < 4.78 is 0. The van der Waals surface area contributed by atoms with E-state index in [9.17, 15) is 4.79 Å². The van der Waals surface area contributed by atoms with Crippen molar-refractivity contribution in [3.05, 3.63) is 51.6 Å². The van der Waals surface area contributed by atoms with Crippen LogP contribution in [0.5, 0.6) is 0 Å². The second-order valence-electron chi connectivity index (χ2n) is 7.20. The molecule has 2 aromatic rings. The SMILES string of the molecule is CN(C)c1ccc(C(=O)N(CCN2CCCC2)Cc2ccc(Cl)c(Cl)c2)nn1. The maximum absolute atomic E-state index is 13.1. The molecule has 0 saturated carbocycles. The van der Waals surface area contributed by atoms with Crippen LogP contribution in [0.2, 0.25) is 10.0 Å². The van der Waals surface area contributed by atoms with Crippen molar-refractivity contribution in [1.82, 2.24) is 20.0 Å². The predicted molar refractivity (Wildman–Crippen MR) is 113 cm³/mol. The zero-order chi connectivity index (χ0) is 20.1. The molecule has 1 saturated heterocycles. The van der Waals surface area contributed by atoms with Gasteiger partial charge in [-0.2, -0.15) is 0 Å². The highest BCUT2D eigenvalue weighted by molar-refractivity contribution is 6.42. The summed E-state index contributed by atoms with van der Waals surface area (Å²) in [5.41, 5.74) is 1.27. The van der Waals surface area contributed by atoms with Crippen LogP contribution < -0.4 is 4.90 Å². The molecule has 0 spiro atoms. The van der Waals surface area contributed by atoms with Crippen molar-refractivity contribution in [2.45, 2.75) is 19.4 Å². The number of likely N-dealkylation sites (tertiary alicyclic amines) is 1. The molecule has 28 heavy (non-hydrogen) atoms. The number of aromatic nitrogens is 2. The van der Waals surface area contributed by atoms with E-state index in [1.807, 2.05) is 25.1 Å². The minimum atomic E-state index is -0.136. The fraction of sp³-hybridized carbons (Fsp3) is 0.450. The van der Waals surface area contributed by atoms with Gasteiger partial charge in [-0.1, -0.05) is 29.3 Å². The number of amides is 1. The summed E-state index contributed by atoms with van der Waals surface area (Å²) in [7, 11) is 3.77. The van der Waals surface area contributed by atoms with Crippen molar-refractivity contribution in [3.8, 4) is 0 Å². The normalized spacial score (nSPS) is 14.3. The highest BCUT2D eigenvalue weighted by atomic mass is 35.5. The van der Waals surface area contributed by atoms with Crippen molar-refractivity contribution in [2.75, 3.05) is 45.2 Å².